The zero-order chi connectivity index (χ0) is 12.3. The average Bonchev–Trinajstić information content (AvgIpc) is 2.36. The lowest BCUT2D eigenvalue weighted by atomic mass is 9.96. The highest BCUT2D eigenvalue weighted by atomic mass is 15.1. The van der Waals surface area contributed by atoms with Crippen molar-refractivity contribution in [3.05, 3.63) is 29.3 Å². The average molecular weight is 232 g/mol. The normalized spacial score (nSPS) is 18.9. The van der Waals surface area contributed by atoms with Crippen molar-refractivity contribution < 1.29 is 0 Å². The number of aryl methyl sites for hydroxylation is 2. The van der Waals surface area contributed by atoms with Crippen LogP contribution in [0.15, 0.2) is 18.2 Å². The fraction of sp³-hybridized carbons (Fsp3) is 0.600. The Kier molecular flexibility index (Phi) is 4.06. The summed E-state index contributed by atoms with van der Waals surface area (Å²) in [4.78, 5) is 2.50. The first-order valence-corrected chi connectivity index (χ1v) is 6.81. The van der Waals surface area contributed by atoms with E-state index in [0.717, 1.165) is 13.1 Å². The molecule has 1 aromatic carbocycles. The lowest BCUT2D eigenvalue weighted by Crippen LogP contribution is -2.38. The van der Waals surface area contributed by atoms with E-state index in [1.54, 1.807) is 0 Å². The van der Waals surface area contributed by atoms with Gasteiger partial charge in [0.1, 0.15) is 0 Å². The molecule has 1 atom stereocenters. The molecule has 0 saturated carbocycles. The summed E-state index contributed by atoms with van der Waals surface area (Å²) in [6.07, 6.45) is 2.48. The molecule has 17 heavy (non-hydrogen) atoms. The summed E-state index contributed by atoms with van der Waals surface area (Å²) in [7, 11) is 0. The van der Waals surface area contributed by atoms with E-state index >= 15 is 0 Å². The second-order valence-electron chi connectivity index (χ2n) is 5.03. The highest BCUT2D eigenvalue weighted by Crippen LogP contribution is 2.25. The Morgan fingerprint density at radius 2 is 2.06 bits per heavy atom. The molecule has 0 aliphatic carbocycles. The third-order valence-electron chi connectivity index (χ3n) is 3.76. The quantitative estimate of drug-likeness (QED) is 0.858. The monoisotopic (exact) mass is 232 g/mol. The molecule has 94 valence electrons. The SMILES string of the molecule is CCN(CC)CC1CCc2cc(C)ccc2N1. The van der Waals surface area contributed by atoms with Crippen molar-refractivity contribution in [3.63, 3.8) is 0 Å². The van der Waals surface area contributed by atoms with Crippen LogP contribution in [0.2, 0.25) is 0 Å². The molecule has 1 unspecified atom stereocenters. The van der Waals surface area contributed by atoms with E-state index in [9.17, 15) is 0 Å². The van der Waals surface area contributed by atoms with E-state index in [1.807, 2.05) is 0 Å². The van der Waals surface area contributed by atoms with Crippen molar-refractivity contribution in [2.75, 3.05) is 25.0 Å². The number of rotatable bonds is 4. The molecular formula is C15H24N2. The number of likely N-dealkylation sites (N-methyl/N-ethyl adjacent to an activating group) is 1. The van der Waals surface area contributed by atoms with Crippen molar-refractivity contribution in [1.82, 2.24) is 4.90 Å². The maximum Gasteiger partial charge on any atom is 0.0391 e. The number of nitrogens with one attached hydrogen (secondary N) is 1. The van der Waals surface area contributed by atoms with Gasteiger partial charge in [0.15, 0.2) is 0 Å². The molecule has 1 N–H and O–H groups in total. The molecule has 2 heteroatoms. The van der Waals surface area contributed by atoms with Gasteiger partial charge in [-0.3, -0.25) is 0 Å². The summed E-state index contributed by atoms with van der Waals surface area (Å²) >= 11 is 0. The van der Waals surface area contributed by atoms with E-state index in [2.05, 4.69) is 49.2 Å². The maximum atomic E-state index is 3.68. The molecule has 1 aliphatic rings. The molecule has 0 saturated heterocycles. The van der Waals surface area contributed by atoms with Gasteiger partial charge in [0.05, 0.1) is 0 Å². The first-order valence-electron chi connectivity index (χ1n) is 6.81. The van der Waals surface area contributed by atoms with Gasteiger partial charge in [-0.2, -0.15) is 0 Å². The van der Waals surface area contributed by atoms with E-state index < -0.39 is 0 Å². The molecular weight excluding hydrogens is 208 g/mol. The lowest BCUT2D eigenvalue weighted by molar-refractivity contribution is 0.283. The van der Waals surface area contributed by atoms with Crippen LogP contribution in [-0.2, 0) is 6.42 Å². The number of hydrogen-bond acceptors (Lipinski definition) is 2. The van der Waals surface area contributed by atoms with Crippen molar-refractivity contribution in [1.29, 1.82) is 0 Å². The van der Waals surface area contributed by atoms with Gasteiger partial charge in [0.2, 0.25) is 0 Å². The molecule has 2 nitrogen and oxygen atoms in total. The minimum Gasteiger partial charge on any atom is -0.381 e. The van der Waals surface area contributed by atoms with Crippen LogP contribution in [-0.4, -0.2) is 30.6 Å². The van der Waals surface area contributed by atoms with Crippen LogP contribution in [0.3, 0.4) is 0 Å². The Balaban J connectivity index is 2.01. The Morgan fingerprint density at radius 3 is 2.76 bits per heavy atom. The Bertz CT molecular complexity index is 369. The third-order valence-corrected chi connectivity index (χ3v) is 3.76. The van der Waals surface area contributed by atoms with Gasteiger partial charge in [-0.15, -0.1) is 0 Å². The van der Waals surface area contributed by atoms with E-state index in [4.69, 9.17) is 0 Å². The zero-order valence-corrected chi connectivity index (χ0v) is 11.3. The number of fused-ring (bicyclic) bond motifs is 1. The first kappa shape index (κ1) is 12.4. The number of benzene rings is 1. The fourth-order valence-electron chi connectivity index (χ4n) is 2.62. The standard InChI is InChI=1S/C15H24N2/c1-4-17(5-2)11-14-8-7-13-10-12(3)6-9-15(13)16-14/h6,9-10,14,16H,4-5,7-8,11H2,1-3H3. The van der Waals surface area contributed by atoms with Crippen LogP contribution >= 0.6 is 0 Å². The van der Waals surface area contributed by atoms with Gasteiger partial charge in [-0.25, -0.2) is 0 Å². The van der Waals surface area contributed by atoms with Crippen molar-refractivity contribution in [3.8, 4) is 0 Å². The van der Waals surface area contributed by atoms with Crippen LogP contribution in [0, 0.1) is 6.92 Å². The molecule has 1 aliphatic heterocycles. The fourth-order valence-corrected chi connectivity index (χ4v) is 2.62. The molecule has 2 rings (SSSR count). The Labute approximate surface area is 105 Å². The van der Waals surface area contributed by atoms with Crippen LogP contribution in [0.5, 0.6) is 0 Å². The highest BCUT2D eigenvalue weighted by Gasteiger charge is 2.18. The van der Waals surface area contributed by atoms with E-state index in [1.165, 1.54) is 36.2 Å². The summed E-state index contributed by atoms with van der Waals surface area (Å²) < 4.78 is 0. The summed E-state index contributed by atoms with van der Waals surface area (Å²) in [5.74, 6) is 0. The second kappa shape index (κ2) is 5.54. The van der Waals surface area contributed by atoms with E-state index in [0.29, 0.717) is 6.04 Å². The summed E-state index contributed by atoms with van der Waals surface area (Å²) in [6, 6.07) is 7.37. The maximum absolute atomic E-state index is 3.68. The van der Waals surface area contributed by atoms with E-state index in [-0.39, 0.29) is 0 Å². The minimum atomic E-state index is 0.616. The second-order valence-corrected chi connectivity index (χ2v) is 5.03. The summed E-state index contributed by atoms with van der Waals surface area (Å²) in [6.45, 7) is 10.1. The van der Waals surface area contributed by atoms with Crippen molar-refractivity contribution >= 4 is 5.69 Å². The molecule has 0 fully saturated rings. The minimum absolute atomic E-state index is 0.616. The molecule has 0 bridgehead atoms. The Morgan fingerprint density at radius 1 is 1.29 bits per heavy atom. The van der Waals surface area contributed by atoms with Crippen LogP contribution in [0.4, 0.5) is 5.69 Å². The van der Waals surface area contributed by atoms with Gasteiger partial charge in [-0.05, 0) is 44.5 Å². The summed E-state index contributed by atoms with van der Waals surface area (Å²) in [5, 5.41) is 3.68. The predicted octanol–water partition coefficient (Wildman–Crippen LogP) is 3.06. The van der Waals surface area contributed by atoms with Gasteiger partial charge in [0.25, 0.3) is 0 Å². The van der Waals surface area contributed by atoms with Gasteiger partial charge in [0, 0.05) is 18.3 Å². The number of hydrogen-bond donors (Lipinski definition) is 1. The topological polar surface area (TPSA) is 15.3 Å². The van der Waals surface area contributed by atoms with Crippen LogP contribution in [0.25, 0.3) is 0 Å². The first-order chi connectivity index (χ1) is 8.22. The highest BCUT2D eigenvalue weighted by molar-refractivity contribution is 5.55. The molecule has 1 heterocycles. The van der Waals surface area contributed by atoms with Crippen molar-refractivity contribution in [2.45, 2.75) is 39.7 Å². The molecule has 0 aromatic heterocycles. The predicted molar refractivity (Wildman–Crippen MR) is 74.7 cm³/mol. The molecule has 1 aromatic rings. The summed E-state index contributed by atoms with van der Waals surface area (Å²) in [5.41, 5.74) is 4.20. The van der Waals surface area contributed by atoms with Gasteiger partial charge in [-0.1, -0.05) is 31.5 Å². The lowest BCUT2D eigenvalue weighted by Gasteiger charge is -2.31. The zero-order valence-electron chi connectivity index (χ0n) is 11.3. The van der Waals surface area contributed by atoms with Gasteiger partial charge < -0.3 is 10.2 Å². The molecule has 0 spiro atoms. The van der Waals surface area contributed by atoms with Crippen LogP contribution in [0.1, 0.15) is 31.4 Å². The smallest absolute Gasteiger partial charge is 0.0391 e. The van der Waals surface area contributed by atoms with Crippen molar-refractivity contribution in [2.24, 2.45) is 0 Å². The third kappa shape index (κ3) is 3.01. The largest absolute Gasteiger partial charge is 0.381 e. The van der Waals surface area contributed by atoms with Crippen LogP contribution < -0.4 is 5.32 Å². The molecule has 0 amide bonds. The number of anilines is 1. The molecule has 0 radical (unpaired) electrons. The van der Waals surface area contributed by atoms with Gasteiger partial charge >= 0.3 is 0 Å². The Hall–Kier alpha value is -1.02. The number of nitrogens with zero attached hydrogens (tertiary/aromatic N) is 1.